The monoisotopic (exact) mass is 944 g/mol. The number of hydrogen-bond donors (Lipinski definition) is 0. The van der Waals surface area contributed by atoms with Crippen LogP contribution in [0, 0.1) is 0 Å². The first-order valence-corrected chi connectivity index (χ1v) is 26.1. The summed E-state index contributed by atoms with van der Waals surface area (Å²) in [5, 5.41) is 22.5. The fraction of sp³-hybridized carbons (Fsp3) is 0.111. The van der Waals surface area contributed by atoms with Gasteiger partial charge in [-0.25, -0.2) is 0 Å². The number of carbonyl (C=O) groups is 2. The number of fused-ring (bicyclic) bond motifs is 12. The lowest BCUT2D eigenvalue weighted by molar-refractivity contribution is 0.0990. The van der Waals surface area contributed by atoms with Gasteiger partial charge >= 0.3 is 0 Å². The zero-order valence-electron chi connectivity index (χ0n) is 42.1. The molecule has 0 heterocycles. The number of allylic oxidation sites excluding steroid dienone is 1. The molecule has 348 valence electrons. The molecule has 2 nitrogen and oxygen atoms in total. The second-order valence-corrected chi connectivity index (χ2v) is 23.3. The largest absolute Gasteiger partial charge is 0.288 e. The SMILES string of the molecule is CC(C)(C)c1ccc(-c2c3c4cccc5c(C=C6C(=O)c7ccccc7C6=O)ccc(c3c(-c3ccc(C(C)(C)C)cc3)c3c6ccc7c8ccc9c%10c(ccc(c%11ccc(c23)c6c%117)c%108)-c2ccccc2-9)c54)cc1. The molecule has 0 aromatic heterocycles. The maximum atomic E-state index is 13.9. The Morgan fingerprint density at radius 2 is 0.649 bits per heavy atom. The normalized spacial score (nSPS) is 13.8. The fourth-order valence-corrected chi connectivity index (χ4v) is 13.9. The number of benzene rings is 12. The molecule has 2 aliphatic carbocycles. The number of carbonyl (C=O) groups excluding carboxylic acids is 2. The van der Waals surface area contributed by atoms with Gasteiger partial charge in [0.1, 0.15) is 0 Å². The van der Waals surface area contributed by atoms with Crippen molar-refractivity contribution in [3.63, 3.8) is 0 Å². The molecule has 74 heavy (non-hydrogen) atoms. The highest BCUT2D eigenvalue weighted by Gasteiger charge is 2.34. The molecule has 0 aliphatic heterocycles. The van der Waals surface area contributed by atoms with E-state index in [2.05, 4.69) is 193 Å². The molecule has 0 fully saturated rings. The quantitative estimate of drug-likeness (QED) is 0.0765. The molecule has 0 atom stereocenters. The molecule has 0 saturated heterocycles. The first-order valence-electron chi connectivity index (χ1n) is 26.1. The molecule has 2 aliphatic rings. The predicted molar refractivity (Wildman–Crippen MR) is 313 cm³/mol. The second kappa shape index (κ2) is 14.1. The third kappa shape index (κ3) is 5.25. The third-order valence-electron chi connectivity index (χ3n) is 17.3. The van der Waals surface area contributed by atoms with Crippen LogP contribution in [0.3, 0.4) is 0 Å². The van der Waals surface area contributed by atoms with Crippen LogP contribution in [0.4, 0.5) is 0 Å². The zero-order valence-corrected chi connectivity index (χ0v) is 42.1. The van der Waals surface area contributed by atoms with Gasteiger partial charge in [-0.1, -0.05) is 217 Å². The number of rotatable bonds is 3. The minimum Gasteiger partial charge on any atom is -0.288 e. The van der Waals surface area contributed by atoms with Gasteiger partial charge in [0.15, 0.2) is 11.6 Å². The standard InChI is InChI=1S/C72H48O2/c1-71(2,3)40-23-18-37(19-24-40)58-65-53-17-11-16-42-39(36-57-69(73)51-14-9-10-15-52(51)70(57)74)22-27-54(60(42)53)66(65)59(38-20-25-41(26-21-38)72(4,5)6)68-56-35-33-50-48-31-29-46-44-13-8-7-12-43(44)45-28-30-47(62(48)61(45)46)49-32-34-55(67(58)68)64(56)63(49)50/h7-36H,1-6H3. The van der Waals surface area contributed by atoms with Crippen molar-refractivity contribution in [3.05, 3.63) is 209 Å². The molecule has 14 aromatic rings. The summed E-state index contributed by atoms with van der Waals surface area (Å²) in [6.45, 7) is 13.7. The molecule has 0 radical (unpaired) electrons. The van der Waals surface area contributed by atoms with E-state index in [0.717, 1.165) is 27.1 Å². The minimum absolute atomic E-state index is 0.0208. The van der Waals surface area contributed by atoms with Gasteiger partial charge in [-0.05, 0) is 175 Å². The first-order chi connectivity index (χ1) is 35.8. The minimum atomic E-state index is -0.215. The Hall–Kier alpha value is -8.72. The summed E-state index contributed by atoms with van der Waals surface area (Å²) in [7, 11) is 0. The maximum Gasteiger partial charge on any atom is 0.197 e. The molecule has 14 aromatic carbocycles. The van der Waals surface area contributed by atoms with E-state index in [9.17, 15) is 9.59 Å². The van der Waals surface area contributed by atoms with Gasteiger partial charge in [-0.2, -0.15) is 0 Å². The van der Waals surface area contributed by atoms with Gasteiger partial charge in [0, 0.05) is 11.1 Å². The molecule has 0 amide bonds. The van der Waals surface area contributed by atoms with Crippen LogP contribution in [0.25, 0.3) is 148 Å². The third-order valence-corrected chi connectivity index (χ3v) is 17.3. The van der Waals surface area contributed by atoms with Crippen LogP contribution >= 0.6 is 0 Å². The Morgan fingerprint density at radius 1 is 0.284 bits per heavy atom. The van der Waals surface area contributed by atoms with E-state index in [-0.39, 0.29) is 28.0 Å². The van der Waals surface area contributed by atoms with E-state index in [1.54, 1.807) is 12.1 Å². The summed E-state index contributed by atoms with van der Waals surface area (Å²) >= 11 is 0. The highest BCUT2D eigenvalue weighted by atomic mass is 16.2. The Morgan fingerprint density at radius 3 is 1.12 bits per heavy atom. The van der Waals surface area contributed by atoms with Crippen LogP contribution in [0.1, 0.15) is 78.9 Å². The lowest BCUT2D eigenvalue weighted by atomic mass is 9.83. The van der Waals surface area contributed by atoms with Gasteiger partial charge < -0.3 is 0 Å². The fourth-order valence-electron chi connectivity index (χ4n) is 13.9. The van der Waals surface area contributed by atoms with Crippen molar-refractivity contribution in [3.8, 4) is 44.5 Å². The van der Waals surface area contributed by atoms with Crippen molar-refractivity contribution in [2.24, 2.45) is 0 Å². The van der Waals surface area contributed by atoms with Crippen LogP contribution in [0.15, 0.2) is 181 Å². The van der Waals surface area contributed by atoms with Crippen molar-refractivity contribution >= 4 is 115 Å². The molecule has 0 saturated carbocycles. The maximum absolute atomic E-state index is 13.9. The van der Waals surface area contributed by atoms with E-state index >= 15 is 0 Å². The topological polar surface area (TPSA) is 34.1 Å². The van der Waals surface area contributed by atoms with Crippen molar-refractivity contribution in [2.75, 3.05) is 0 Å². The van der Waals surface area contributed by atoms with E-state index in [1.165, 1.54) is 131 Å². The average Bonchev–Trinajstić information content (AvgIpc) is 4.25. The summed E-state index contributed by atoms with van der Waals surface area (Å²) in [4.78, 5) is 27.8. The van der Waals surface area contributed by atoms with E-state index in [0.29, 0.717) is 11.1 Å². The zero-order chi connectivity index (χ0) is 49.8. The molecular weight excluding hydrogens is 897 g/mol. The smallest absolute Gasteiger partial charge is 0.197 e. The van der Waals surface area contributed by atoms with Crippen LogP contribution < -0.4 is 0 Å². The van der Waals surface area contributed by atoms with Crippen molar-refractivity contribution in [1.82, 2.24) is 0 Å². The highest BCUT2D eigenvalue weighted by Crippen LogP contribution is 2.59. The van der Waals surface area contributed by atoms with Crippen molar-refractivity contribution in [2.45, 2.75) is 52.4 Å². The van der Waals surface area contributed by atoms with Crippen LogP contribution in [0.5, 0.6) is 0 Å². The molecule has 2 heteroatoms. The summed E-state index contributed by atoms with van der Waals surface area (Å²) in [6, 6.07) is 65.1. The Balaban J connectivity index is 1.08. The van der Waals surface area contributed by atoms with Crippen LogP contribution in [-0.4, -0.2) is 11.6 Å². The summed E-state index contributed by atoms with van der Waals surface area (Å²) in [5.74, 6) is -0.429. The van der Waals surface area contributed by atoms with E-state index in [1.807, 2.05) is 18.2 Å². The Bertz CT molecular complexity index is 4630. The Labute approximate surface area is 428 Å². The second-order valence-electron chi connectivity index (χ2n) is 23.3. The summed E-state index contributed by atoms with van der Waals surface area (Å²) < 4.78 is 0. The van der Waals surface area contributed by atoms with Gasteiger partial charge in [-0.15, -0.1) is 0 Å². The van der Waals surface area contributed by atoms with E-state index < -0.39 is 0 Å². The summed E-state index contributed by atoms with van der Waals surface area (Å²) in [6.07, 6.45) is 1.84. The molecular formula is C72H48O2. The summed E-state index contributed by atoms with van der Waals surface area (Å²) in [5.41, 5.74) is 14.7. The highest BCUT2D eigenvalue weighted by molar-refractivity contribution is 6.50. The number of hydrogen-bond acceptors (Lipinski definition) is 2. The van der Waals surface area contributed by atoms with Crippen LogP contribution in [0.2, 0.25) is 0 Å². The molecule has 0 N–H and O–H groups in total. The molecule has 0 bridgehead atoms. The lowest BCUT2D eigenvalue weighted by Crippen LogP contribution is -2.10. The number of ketones is 2. The van der Waals surface area contributed by atoms with Crippen molar-refractivity contribution in [1.29, 1.82) is 0 Å². The lowest BCUT2D eigenvalue weighted by Gasteiger charge is -2.21. The molecule has 0 unspecified atom stereocenters. The average molecular weight is 945 g/mol. The first kappa shape index (κ1) is 41.9. The van der Waals surface area contributed by atoms with Gasteiger partial charge in [0.05, 0.1) is 5.57 Å². The predicted octanol–water partition coefficient (Wildman–Crippen LogP) is 19.4. The molecule has 0 spiro atoms. The van der Waals surface area contributed by atoms with Gasteiger partial charge in [-0.3, -0.25) is 9.59 Å². The van der Waals surface area contributed by atoms with Crippen LogP contribution in [-0.2, 0) is 10.8 Å². The van der Waals surface area contributed by atoms with Gasteiger partial charge in [0.2, 0.25) is 0 Å². The molecule has 16 rings (SSSR count). The van der Waals surface area contributed by atoms with Crippen molar-refractivity contribution < 1.29 is 9.59 Å². The number of Topliss-reactive ketones (excluding diaryl/α,β-unsaturated/α-hetero) is 2. The van der Waals surface area contributed by atoms with Gasteiger partial charge in [0.25, 0.3) is 0 Å². The Kier molecular flexibility index (Phi) is 7.95. The van der Waals surface area contributed by atoms with E-state index in [4.69, 9.17) is 0 Å².